The number of hydrogen-bond acceptors (Lipinski definition) is 5. The number of thioether (sulfide) groups is 1. The van der Waals surface area contributed by atoms with Gasteiger partial charge in [-0.05, 0) is 24.3 Å². The zero-order valence-corrected chi connectivity index (χ0v) is 14.7. The highest BCUT2D eigenvalue weighted by Gasteiger charge is 2.32. The number of thiocarbonyl (C=S) groups is 1. The molecule has 21 heavy (non-hydrogen) atoms. The number of benzene rings is 1. The van der Waals surface area contributed by atoms with Crippen molar-refractivity contribution in [2.75, 3.05) is 29.2 Å². The molecule has 0 amide bonds. The molecule has 1 aliphatic rings. The minimum atomic E-state index is -2.91. The maximum absolute atomic E-state index is 11.7. The maximum atomic E-state index is 11.7. The van der Waals surface area contributed by atoms with E-state index in [0.29, 0.717) is 11.4 Å². The van der Waals surface area contributed by atoms with Crippen molar-refractivity contribution >= 4 is 44.5 Å². The van der Waals surface area contributed by atoms with E-state index >= 15 is 0 Å². The summed E-state index contributed by atoms with van der Waals surface area (Å²) >= 11 is 6.90. The molecule has 7 heteroatoms. The Kier molecular flexibility index (Phi) is 5.16. The predicted molar refractivity (Wildman–Crippen MR) is 94.2 cm³/mol. The summed E-state index contributed by atoms with van der Waals surface area (Å²) in [5.41, 5.74) is 7.68. The number of hydrogen-bond donors (Lipinski definition) is 1. The van der Waals surface area contributed by atoms with Gasteiger partial charge < -0.3 is 10.6 Å². The molecule has 0 aromatic heterocycles. The van der Waals surface area contributed by atoms with E-state index in [1.54, 1.807) is 11.8 Å². The van der Waals surface area contributed by atoms with E-state index in [9.17, 15) is 8.42 Å². The van der Waals surface area contributed by atoms with E-state index in [0.717, 1.165) is 21.9 Å². The lowest BCUT2D eigenvalue weighted by atomic mass is 10.1. The van der Waals surface area contributed by atoms with E-state index in [2.05, 4.69) is 6.92 Å². The Labute approximate surface area is 136 Å². The second-order valence-electron chi connectivity index (χ2n) is 5.12. The lowest BCUT2D eigenvalue weighted by molar-refractivity contribution is 0.601. The first-order valence-corrected chi connectivity index (χ1v) is 10.1. The van der Waals surface area contributed by atoms with Crippen LogP contribution < -0.4 is 10.6 Å². The predicted octanol–water partition coefficient (Wildman–Crippen LogP) is 2.06. The summed E-state index contributed by atoms with van der Waals surface area (Å²) < 4.78 is 23.4. The van der Waals surface area contributed by atoms with Crippen molar-refractivity contribution in [2.24, 2.45) is 5.73 Å². The van der Waals surface area contributed by atoms with Crippen LogP contribution in [-0.4, -0.2) is 43.8 Å². The molecule has 4 nitrogen and oxygen atoms in total. The Balaban J connectivity index is 2.39. The van der Waals surface area contributed by atoms with Crippen LogP contribution in [-0.2, 0) is 9.84 Å². The van der Waals surface area contributed by atoms with Crippen molar-refractivity contribution in [1.82, 2.24) is 0 Å². The van der Waals surface area contributed by atoms with Crippen LogP contribution in [0.3, 0.4) is 0 Å². The summed E-state index contributed by atoms with van der Waals surface area (Å²) in [5, 5.41) is 0. The minimum Gasteiger partial charge on any atom is -0.389 e. The monoisotopic (exact) mass is 344 g/mol. The van der Waals surface area contributed by atoms with Crippen molar-refractivity contribution in [2.45, 2.75) is 24.3 Å². The first kappa shape index (κ1) is 16.6. The second kappa shape index (κ2) is 6.54. The molecule has 0 bridgehead atoms. The number of sulfone groups is 1. The van der Waals surface area contributed by atoms with Gasteiger partial charge in [0.1, 0.15) is 4.99 Å². The van der Waals surface area contributed by atoms with Crippen LogP contribution in [0.15, 0.2) is 23.1 Å². The van der Waals surface area contributed by atoms with E-state index in [1.807, 2.05) is 30.1 Å². The van der Waals surface area contributed by atoms with Gasteiger partial charge in [0, 0.05) is 29.2 Å². The molecule has 1 heterocycles. The van der Waals surface area contributed by atoms with Gasteiger partial charge in [0.15, 0.2) is 9.84 Å². The number of rotatable bonds is 5. The summed E-state index contributed by atoms with van der Waals surface area (Å²) in [6.07, 6.45) is 0.654. The molecule has 1 fully saturated rings. The fraction of sp³-hybridized carbons (Fsp3) is 0.500. The fourth-order valence-electron chi connectivity index (χ4n) is 2.61. The van der Waals surface area contributed by atoms with Crippen molar-refractivity contribution in [1.29, 1.82) is 0 Å². The third-order valence-corrected chi connectivity index (χ3v) is 6.58. The average molecular weight is 345 g/mol. The molecule has 0 spiro atoms. The van der Waals surface area contributed by atoms with Crippen molar-refractivity contribution in [3.05, 3.63) is 23.8 Å². The summed E-state index contributed by atoms with van der Waals surface area (Å²) in [6.45, 7) is 2.08. The molecule has 116 valence electrons. The zero-order chi connectivity index (χ0) is 15.6. The normalized spacial score (nSPS) is 20.4. The van der Waals surface area contributed by atoms with Crippen LogP contribution in [0.4, 0.5) is 5.69 Å². The van der Waals surface area contributed by atoms with Gasteiger partial charge in [-0.1, -0.05) is 25.2 Å². The Morgan fingerprint density at radius 3 is 2.76 bits per heavy atom. The first-order valence-electron chi connectivity index (χ1n) is 6.84. The molecule has 0 saturated carbocycles. The maximum Gasteiger partial charge on any atom is 0.152 e. The Hall–Kier alpha value is -0.790. The van der Waals surface area contributed by atoms with Crippen LogP contribution in [0.1, 0.15) is 18.9 Å². The van der Waals surface area contributed by atoms with Gasteiger partial charge in [0.2, 0.25) is 0 Å². The molecule has 1 saturated heterocycles. The van der Waals surface area contributed by atoms with Crippen molar-refractivity contribution in [3.8, 4) is 0 Å². The summed E-state index contributed by atoms with van der Waals surface area (Å²) in [6, 6.07) is 5.92. The Morgan fingerprint density at radius 2 is 2.24 bits per heavy atom. The number of anilines is 1. The molecule has 2 rings (SSSR count). The molecule has 2 N–H and O–H groups in total. The molecular formula is C14H20N2O2S3. The van der Waals surface area contributed by atoms with Gasteiger partial charge in [-0.15, -0.1) is 11.8 Å². The summed E-state index contributed by atoms with van der Waals surface area (Å²) in [4.78, 5) is 3.42. The van der Waals surface area contributed by atoms with E-state index < -0.39 is 9.84 Å². The zero-order valence-electron chi connectivity index (χ0n) is 12.2. The third-order valence-electron chi connectivity index (χ3n) is 3.69. The quantitative estimate of drug-likeness (QED) is 0.651. The Morgan fingerprint density at radius 1 is 1.52 bits per heavy atom. The summed E-state index contributed by atoms with van der Waals surface area (Å²) in [7, 11) is -0.993. The topological polar surface area (TPSA) is 63.4 Å². The van der Waals surface area contributed by atoms with Crippen molar-refractivity contribution in [3.63, 3.8) is 0 Å². The molecule has 1 aromatic carbocycles. The molecule has 0 radical (unpaired) electrons. The van der Waals surface area contributed by atoms with Crippen LogP contribution in [0, 0.1) is 0 Å². The minimum absolute atomic E-state index is 0.00928. The van der Waals surface area contributed by atoms with E-state index in [1.165, 1.54) is 0 Å². The van der Waals surface area contributed by atoms with Gasteiger partial charge in [-0.25, -0.2) is 8.42 Å². The Bertz CT molecular complexity index is 644. The van der Waals surface area contributed by atoms with Gasteiger partial charge in [0.25, 0.3) is 0 Å². The number of nitrogens with two attached hydrogens (primary N) is 1. The number of nitrogens with zero attached hydrogens (tertiary/aromatic N) is 1. The van der Waals surface area contributed by atoms with E-state index in [-0.39, 0.29) is 17.5 Å². The van der Waals surface area contributed by atoms with Crippen LogP contribution in [0.5, 0.6) is 0 Å². The van der Waals surface area contributed by atoms with Gasteiger partial charge in [-0.2, -0.15) is 0 Å². The van der Waals surface area contributed by atoms with Gasteiger partial charge >= 0.3 is 0 Å². The average Bonchev–Trinajstić information content (AvgIpc) is 2.78. The second-order valence-corrected chi connectivity index (χ2v) is 9.09. The lowest BCUT2D eigenvalue weighted by Crippen LogP contribution is -2.34. The first-order chi connectivity index (χ1) is 9.85. The van der Waals surface area contributed by atoms with E-state index in [4.69, 9.17) is 18.0 Å². The molecular weight excluding hydrogens is 324 g/mol. The molecule has 1 aliphatic heterocycles. The molecule has 1 atom stereocenters. The lowest BCUT2D eigenvalue weighted by Gasteiger charge is -2.28. The summed E-state index contributed by atoms with van der Waals surface area (Å²) in [5.74, 6) is 1.39. The smallest absolute Gasteiger partial charge is 0.152 e. The molecule has 1 aromatic rings. The van der Waals surface area contributed by atoms with Crippen LogP contribution >= 0.6 is 24.0 Å². The highest BCUT2D eigenvalue weighted by molar-refractivity contribution is 7.99. The van der Waals surface area contributed by atoms with Crippen LogP contribution in [0.2, 0.25) is 0 Å². The van der Waals surface area contributed by atoms with Gasteiger partial charge in [0.05, 0.1) is 11.5 Å². The largest absolute Gasteiger partial charge is 0.389 e. The molecule has 0 aliphatic carbocycles. The van der Waals surface area contributed by atoms with Crippen LogP contribution in [0.25, 0.3) is 0 Å². The van der Waals surface area contributed by atoms with Gasteiger partial charge in [-0.3, -0.25) is 0 Å². The van der Waals surface area contributed by atoms with Crippen molar-refractivity contribution < 1.29 is 8.42 Å². The molecule has 1 unspecified atom stereocenters. The highest BCUT2D eigenvalue weighted by Crippen LogP contribution is 2.32. The highest BCUT2D eigenvalue weighted by atomic mass is 32.2. The fourth-order valence-corrected chi connectivity index (χ4v) is 5.51. The SMILES string of the molecule is CCSc1cccc(N(C)C2CCS(=O)(=O)C2)c1C(N)=S. The third kappa shape index (κ3) is 3.70. The standard InChI is InChI=1S/C14H20N2O2S3/c1-3-20-12-6-4-5-11(13(12)14(15)19)16(2)10-7-8-21(17,18)9-10/h4-6,10H,3,7-9H2,1-2H3,(H2,15,19).